The predicted molar refractivity (Wildman–Crippen MR) is 139 cm³/mol. The summed E-state index contributed by atoms with van der Waals surface area (Å²) in [5.41, 5.74) is 5.19. The van der Waals surface area contributed by atoms with E-state index < -0.39 is 33.0 Å². The number of aromatic nitrogens is 1. The van der Waals surface area contributed by atoms with Gasteiger partial charge in [-0.15, -0.1) is 0 Å². The van der Waals surface area contributed by atoms with Gasteiger partial charge in [0.15, 0.2) is 5.13 Å². The van der Waals surface area contributed by atoms with Crippen LogP contribution in [0.5, 0.6) is 0 Å². The van der Waals surface area contributed by atoms with E-state index in [1.165, 1.54) is 10.4 Å². The predicted octanol–water partition coefficient (Wildman–Crippen LogP) is 3.13. The molecule has 0 radical (unpaired) electrons. The second kappa shape index (κ2) is 12.4. The van der Waals surface area contributed by atoms with E-state index in [1.54, 1.807) is 11.8 Å². The van der Waals surface area contributed by atoms with Gasteiger partial charge >= 0.3 is 0 Å². The number of ketones is 1. The number of benzene rings is 1. The molecule has 0 unspecified atom stereocenters. The van der Waals surface area contributed by atoms with Crippen LogP contribution in [-0.2, 0) is 10.0 Å². The van der Waals surface area contributed by atoms with Crippen LogP contribution >= 0.6 is 23.1 Å². The highest BCUT2D eigenvalue weighted by atomic mass is 32.2. The molecule has 8 nitrogen and oxygen atoms in total. The number of thiazole rings is 1. The lowest BCUT2D eigenvalue weighted by Gasteiger charge is -2.31. The lowest BCUT2D eigenvalue weighted by molar-refractivity contribution is 0.103. The summed E-state index contributed by atoms with van der Waals surface area (Å²) in [5.74, 6) is -0.946. The first kappa shape index (κ1) is 27.8. The number of rotatable bonds is 12. The number of nitrogen functional groups attached to an aromatic ring is 1. The van der Waals surface area contributed by atoms with Crippen LogP contribution in [0.2, 0.25) is 0 Å². The van der Waals surface area contributed by atoms with E-state index in [9.17, 15) is 22.0 Å². The minimum atomic E-state index is -3.30. The van der Waals surface area contributed by atoms with Gasteiger partial charge in [0.05, 0.1) is 11.3 Å². The third-order valence-corrected chi connectivity index (χ3v) is 9.60. The third kappa shape index (κ3) is 7.59. The summed E-state index contributed by atoms with van der Waals surface area (Å²) in [5, 5.41) is 3.54. The number of carbonyl (C=O) groups is 1. The first-order valence-corrected chi connectivity index (χ1v) is 14.9. The number of carbonyl (C=O) groups excluding carboxylic acids is 1. The van der Waals surface area contributed by atoms with Crippen LogP contribution in [0, 0.1) is 11.6 Å². The van der Waals surface area contributed by atoms with Gasteiger partial charge in [0, 0.05) is 31.4 Å². The summed E-state index contributed by atoms with van der Waals surface area (Å²) in [6.45, 7) is 1.75. The summed E-state index contributed by atoms with van der Waals surface area (Å²) in [6.07, 6.45) is 1.76. The Morgan fingerprint density at radius 1 is 1.26 bits per heavy atom. The van der Waals surface area contributed by atoms with Gasteiger partial charge in [0.2, 0.25) is 15.8 Å². The molecule has 1 aromatic heterocycles. The molecule has 0 saturated carbocycles. The van der Waals surface area contributed by atoms with Gasteiger partial charge in [-0.2, -0.15) is 11.8 Å². The molecule has 1 aromatic carbocycles. The number of piperidine rings is 1. The molecule has 3 rings (SSSR count). The molecule has 1 aliphatic heterocycles. The van der Waals surface area contributed by atoms with E-state index in [1.807, 2.05) is 14.1 Å². The van der Waals surface area contributed by atoms with Crippen molar-refractivity contribution in [1.29, 1.82) is 0 Å². The number of thioether (sulfide) groups is 1. The standard InChI is InChI=1S/C22H31F2N5O3S3/c1-28(2)11-13-33-12-4-14-35(31,32)29-9-7-15(8-10-29)26-22-27-21(25)20(34-22)19(30)18-16(23)5-3-6-17(18)24/h3,5-6,15H,4,7-14,25H2,1-2H3,(H,26,27). The van der Waals surface area contributed by atoms with Crippen molar-refractivity contribution in [3.8, 4) is 0 Å². The summed E-state index contributed by atoms with van der Waals surface area (Å²) >= 11 is 2.69. The zero-order valence-electron chi connectivity index (χ0n) is 19.8. The molecular formula is C22H31F2N5O3S3. The summed E-state index contributed by atoms with van der Waals surface area (Å²) < 4.78 is 54.9. The first-order chi connectivity index (χ1) is 16.6. The average Bonchev–Trinajstić information content (AvgIpc) is 3.16. The molecular weight excluding hydrogens is 516 g/mol. The molecule has 0 atom stereocenters. The van der Waals surface area contributed by atoms with Crippen LogP contribution in [0.4, 0.5) is 19.7 Å². The Morgan fingerprint density at radius 2 is 1.91 bits per heavy atom. The summed E-state index contributed by atoms with van der Waals surface area (Å²) in [7, 11) is 0.722. The van der Waals surface area contributed by atoms with E-state index in [2.05, 4.69) is 15.2 Å². The molecule has 194 valence electrons. The highest BCUT2D eigenvalue weighted by molar-refractivity contribution is 7.99. The van der Waals surface area contributed by atoms with Crippen LogP contribution in [0.1, 0.15) is 34.5 Å². The topological polar surface area (TPSA) is 109 Å². The van der Waals surface area contributed by atoms with E-state index in [4.69, 9.17) is 5.73 Å². The number of sulfonamides is 1. The number of halogens is 2. The van der Waals surface area contributed by atoms with Gasteiger partial charge in [0.25, 0.3) is 0 Å². The van der Waals surface area contributed by atoms with Crippen LogP contribution in [0.3, 0.4) is 0 Å². The van der Waals surface area contributed by atoms with E-state index in [0.717, 1.165) is 41.5 Å². The largest absolute Gasteiger partial charge is 0.382 e. The average molecular weight is 548 g/mol. The molecule has 2 aromatic rings. The molecule has 35 heavy (non-hydrogen) atoms. The van der Waals surface area contributed by atoms with Crippen molar-refractivity contribution < 1.29 is 22.0 Å². The number of hydrogen-bond donors (Lipinski definition) is 2. The fraction of sp³-hybridized carbons (Fsp3) is 0.545. The minimum Gasteiger partial charge on any atom is -0.382 e. The molecule has 1 aliphatic rings. The molecule has 3 N–H and O–H groups in total. The van der Waals surface area contributed by atoms with Crippen LogP contribution in [0.15, 0.2) is 18.2 Å². The van der Waals surface area contributed by atoms with Crippen molar-refractivity contribution in [2.45, 2.75) is 25.3 Å². The highest BCUT2D eigenvalue weighted by Crippen LogP contribution is 2.30. The lowest BCUT2D eigenvalue weighted by Crippen LogP contribution is -2.43. The molecule has 0 amide bonds. The van der Waals surface area contributed by atoms with Crippen LogP contribution < -0.4 is 11.1 Å². The Morgan fingerprint density at radius 3 is 2.54 bits per heavy atom. The number of nitrogens with zero attached hydrogens (tertiary/aromatic N) is 3. The van der Waals surface area contributed by atoms with Crippen molar-refractivity contribution in [3.05, 3.63) is 40.3 Å². The fourth-order valence-electron chi connectivity index (χ4n) is 3.66. The van der Waals surface area contributed by atoms with Crippen molar-refractivity contribution in [2.24, 2.45) is 0 Å². The van der Waals surface area contributed by atoms with Crippen molar-refractivity contribution in [1.82, 2.24) is 14.2 Å². The van der Waals surface area contributed by atoms with Gasteiger partial charge < -0.3 is 16.0 Å². The van der Waals surface area contributed by atoms with Crippen molar-refractivity contribution in [3.63, 3.8) is 0 Å². The molecule has 0 spiro atoms. The molecule has 0 bridgehead atoms. The Bertz CT molecular complexity index is 1100. The highest BCUT2D eigenvalue weighted by Gasteiger charge is 2.29. The molecule has 13 heteroatoms. The Labute approximate surface area is 213 Å². The first-order valence-electron chi connectivity index (χ1n) is 11.3. The molecule has 0 aliphatic carbocycles. The molecule has 1 fully saturated rings. The SMILES string of the molecule is CN(C)CCSCCCS(=O)(=O)N1CCC(Nc2nc(N)c(C(=O)c3c(F)cccc3F)s2)CC1. The monoisotopic (exact) mass is 547 g/mol. The number of hydrogen-bond acceptors (Lipinski definition) is 9. The number of nitrogens with one attached hydrogen (secondary N) is 1. The fourth-order valence-corrected chi connectivity index (χ4v) is 7.33. The normalized spacial score (nSPS) is 15.6. The minimum absolute atomic E-state index is 0.0417. The quantitative estimate of drug-likeness (QED) is 0.308. The van der Waals surface area contributed by atoms with Gasteiger partial charge in [-0.1, -0.05) is 17.4 Å². The zero-order chi connectivity index (χ0) is 25.6. The second-order valence-electron chi connectivity index (χ2n) is 8.56. The smallest absolute Gasteiger partial charge is 0.214 e. The molecule has 1 saturated heterocycles. The zero-order valence-corrected chi connectivity index (χ0v) is 22.2. The summed E-state index contributed by atoms with van der Waals surface area (Å²) in [4.78, 5) is 18.8. The van der Waals surface area contributed by atoms with E-state index in [-0.39, 0.29) is 22.5 Å². The van der Waals surface area contributed by atoms with E-state index >= 15 is 0 Å². The van der Waals surface area contributed by atoms with Crippen molar-refractivity contribution >= 4 is 49.9 Å². The maximum atomic E-state index is 14.0. The van der Waals surface area contributed by atoms with Crippen molar-refractivity contribution in [2.75, 3.05) is 62.0 Å². The lowest BCUT2D eigenvalue weighted by atomic mass is 10.1. The van der Waals surface area contributed by atoms with E-state index in [0.29, 0.717) is 37.5 Å². The van der Waals surface area contributed by atoms with Crippen LogP contribution in [0.25, 0.3) is 0 Å². The second-order valence-corrected chi connectivity index (χ2v) is 12.9. The third-order valence-electron chi connectivity index (χ3n) is 5.60. The van der Waals surface area contributed by atoms with Gasteiger partial charge in [-0.25, -0.2) is 26.5 Å². The van der Waals surface area contributed by atoms with Crippen LogP contribution in [-0.4, -0.2) is 85.4 Å². The maximum Gasteiger partial charge on any atom is 0.214 e. The number of nitrogens with two attached hydrogens (primary N) is 1. The Hall–Kier alpha value is -1.80. The van der Waals surface area contributed by atoms with Gasteiger partial charge in [0.1, 0.15) is 22.3 Å². The van der Waals surface area contributed by atoms with Gasteiger partial charge in [-0.05, 0) is 51.2 Å². The Balaban J connectivity index is 1.50. The maximum absolute atomic E-state index is 14.0. The van der Waals surface area contributed by atoms with Gasteiger partial charge in [-0.3, -0.25) is 4.79 Å². The Kier molecular flexibility index (Phi) is 9.87. The number of anilines is 2. The molecule has 2 heterocycles. The summed E-state index contributed by atoms with van der Waals surface area (Å²) in [6, 6.07) is 3.15.